The molecule has 5 fully saturated rings. The average Bonchev–Trinajstić information content (AvgIpc) is 3.39. The fraction of sp³-hybridized carbons (Fsp3) is 1.00. The summed E-state index contributed by atoms with van der Waals surface area (Å²) < 4.78 is 17.4. The molecule has 4 aliphatic carbocycles. The van der Waals surface area contributed by atoms with Crippen LogP contribution in [0.25, 0.3) is 0 Å². The van der Waals surface area contributed by atoms with Crippen LogP contribution in [-0.4, -0.2) is 99.0 Å². The molecule has 0 aromatic rings. The standard InChI is InChI=1S/C33H58O9/c1-17(2)24(41-30-27(38)28(40-6)25(16-34)42-30)8-7-18(3)20-14-22(36)29-32(20,5)12-10-26-31(4)11-9-19(35)13-21(31)23(37)15-33(26,29)39/h17-30,34-39H,7-16H2,1-6H3/t18-,19?,20-,21?,22?,23?,24?,25+,26-,27-,28+,29-,30-,31+,32-,33+/m1/s1. The van der Waals surface area contributed by atoms with Crippen LogP contribution in [0.2, 0.25) is 0 Å². The lowest BCUT2D eigenvalue weighted by Crippen LogP contribution is -2.68. The van der Waals surface area contributed by atoms with E-state index in [1.54, 1.807) is 0 Å². The molecule has 0 bridgehead atoms. The first kappa shape index (κ1) is 33.0. The van der Waals surface area contributed by atoms with Gasteiger partial charge in [-0.2, -0.15) is 0 Å². The maximum absolute atomic E-state index is 12.5. The minimum Gasteiger partial charge on any atom is -0.394 e. The lowest BCUT2D eigenvalue weighted by atomic mass is 9.42. The van der Waals surface area contributed by atoms with Crippen LogP contribution in [0.4, 0.5) is 0 Å². The van der Waals surface area contributed by atoms with E-state index >= 15 is 0 Å². The topological polar surface area (TPSA) is 149 Å². The largest absolute Gasteiger partial charge is 0.394 e. The second-order valence-corrected chi connectivity index (χ2v) is 15.7. The Labute approximate surface area is 251 Å². The third kappa shape index (κ3) is 5.30. The fourth-order valence-corrected chi connectivity index (χ4v) is 11.0. The van der Waals surface area contributed by atoms with Crippen LogP contribution in [0.15, 0.2) is 0 Å². The van der Waals surface area contributed by atoms with E-state index in [1.807, 2.05) is 0 Å². The SMILES string of the molecule is CO[C@@H]1[C@@H](O)[C@H](OC(CC[C@@H](C)[C@H]2CC(O)[C@@H]3[C@]2(C)CC[C@H]2[C@@]3(O)CC(O)C3CC(O)CC[C@@]32C)C(C)C)O[C@H]1CO. The number of methoxy groups -OCH3 is 1. The summed E-state index contributed by atoms with van der Waals surface area (Å²) in [6, 6.07) is 0. The molecule has 0 radical (unpaired) electrons. The molecule has 9 heteroatoms. The lowest BCUT2D eigenvalue weighted by Gasteiger charge is -2.66. The van der Waals surface area contributed by atoms with Gasteiger partial charge in [-0.15, -0.1) is 0 Å². The quantitative estimate of drug-likeness (QED) is 0.236. The zero-order valence-electron chi connectivity index (χ0n) is 26.6. The molecule has 244 valence electrons. The van der Waals surface area contributed by atoms with Crippen molar-refractivity contribution in [3.8, 4) is 0 Å². The predicted molar refractivity (Wildman–Crippen MR) is 156 cm³/mol. The number of fused-ring (bicyclic) bond motifs is 5. The molecular formula is C33H58O9. The lowest BCUT2D eigenvalue weighted by molar-refractivity contribution is -0.263. The highest BCUT2D eigenvalue weighted by atomic mass is 16.7. The first-order valence-electron chi connectivity index (χ1n) is 16.6. The highest BCUT2D eigenvalue weighted by Crippen LogP contribution is 2.69. The maximum atomic E-state index is 12.5. The minimum absolute atomic E-state index is 0.00270. The van der Waals surface area contributed by atoms with Crippen LogP contribution in [0.3, 0.4) is 0 Å². The van der Waals surface area contributed by atoms with E-state index in [1.165, 1.54) is 7.11 Å². The van der Waals surface area contributed by atoms with Gasteiger partial charge in [0, 0.05) is 19.4 Å². The molecule has 6 N–H and O–H groups in total. The predicted octanol–water partition coefficient (Wildman–Crippen LogP) is 2.61. The van der Waals surface area contributed by atoms with Gasteiger partial charge in [-0.05, 0) is 91.8 Å². The summed E-state index contributed by atoms with van der Waals surface area (Å²) in [5.74, 6) is 0.358. The third-order valence-electron chi connectivity index (χ3n) is 13.1. The van der Waals surface area contributed by atoms with E-state index < -0.39 is 42.4 Å². The van der Waals surface area contributed by atoms with Crippen molar-refractivity contribution in [2.75, 3.05) is 13.7 Å². The molecule has 42 heavy (non-hydrogen) atoms. The van der Waals surface area contributed by atoms with Gasteiger partial charge in [0.1, 0.15) is 18.3 Å². The van der Waals surface area contributed by atoms with Gasteiger partial charge in [0.2, 0.25) is 0 Å². The molecule has 5 unspecified atom stereocenters. The highest BCUT2D eigenvalue weighted by molar-refractivity contribution is 5.20. The van der Waals surface area contributed by atoms with Crippen LogP contribution in [0.5, 0.6) is 0 Å². The Kier molecular flexibility index (Phi) is 9.51. The van der Waals surface area contributed by atoms with E-state index in [9.17, 15) is 30.6 Å². The van der Waals surface area contributed by atoms with Crippen LogP contribution in [0, 0.1) is 46.3 Å². The molecule has 0 aromatic carbocycles. The van der Waals surface area contributed by atoms with Crippen LogP contribution >= 0.6 is 0 Å². The molecular weight excluding hydrogens is 540 g/mol. The van der Waals surface area contributed by atoms with Gasteiger partial charge in [-0.25, -0.2) is 0 Å². The Morgan fingerprint density at radius 2 is 1.62 bits per heavy atom. The van der Waals surface area contributed by atoms with Crippen molar-refractivity contribution >= 4 is 0 Å². The smallest absolute Gasteiger partial charge is 0.186 e. The van der Waals surface area contributed by atoms with Gasteiger partial charge in [-0.1, -0.05) is 34.6 Å². The summed E-state index contributed by atoms with van der Waals surface area (Å²) in [5, 5.41) is 66.2. The second-order valence-electron chi connectivity index (χ2n) is 15.7. The van der Waals surface area contributed by atoms with E-state index in [2.05, 4.69) is 34.6 Å². The average molecular weight is 599 g/mol. The monoisotopic (exact) mass is 598 g/mol. The number of aliphatic hydroxyl groups excluding tert-OH is 5. The van der Waals surface area contributed by atoms with Gasteiger partial charge in [0.25, 0.3) is 0 Å². The first-order valence-corrected chi connectivity index (χ1v) is 16.6. The molecule has 5 aliphatic rings. The van der Waals surface area contributed by atoms with Crippen molar-refractivity contribution in [1.82, 2.24) is 0 Å². The molecule has 0 amide bonds. The normalized spacial score (nSPS) is 52.1. The Hall–Kier alpha value is -0.360. The number of hydrogen-bond acceptors (Lipinski definition) is 9. The summed E-state index contributed by atoms with van der Waals surface area (Å²) in [5.41, 5.74) is -1.63. The molecule has 16 atom stereocenters. The summed E-state index contributed by atoms with van der Waals surface area (Å²) in [7, 11) is 1.49. The van der Waals surface area contributed by atoms with Gasteiger partial charge in [0.15, 0.2) is 6.29 Å². The van der Waals surface area contributed by atoms with Gasteiger partial charge < -0.3 is 44.8 Å². The van der Waals surface area contributed by atoms with Gasteiger partial charge in [0.05, 0.1) is 36.6 Å². The molecule has 5 rings (SSSR count). The zero-order chi connectivity index (χ0) is 30.8. The van der Waals surface area contributed by atoms with Crippen molar-refractivity contribution in [1.29, 1.82) is 0 Å². The number of ether oxygens (including phenoxy) is 3. The van der Waals surface area contributed by atoms with Crippen LogP contribution < -0.4 is 0 Å². The van der Waals surface area contributed by atoms with Crippen molar-refractivity contribution in [3.63, 3.8) is 0 Å². The van der Waals surface area contributed by atoms with E-state index in [4.69, 9.17) is 14.2 Å². The molecule has 1 saturated heterocycles. The van der Waals surface area contributed by atoms with Gasteiger partial charge >= 0.3 is 0 Å². The summed E-state index contributed by atoms with van der Waals surface area (Å²) >= 11 is 0. The Morgan fingerprint density at radius 3 is 2.24 bits per heavy atom. The Morgan fingerprint density at radius 1 is 0.929 bits per heavy atom. The van der Waals surface area contributed by atoms with Crippen LogP contribution in [0.1, 0.15) is 92.4 Å². The molecule has 4 saturated carbocycles. The van der Waals surface area contributed by atoms with E-state index in [0.29, 0.717) is 19.3 Å². The van der Waals surface area contributed by atoms with E-state index in [-0.39, 0.29) is 71.6 Å². The van der Waals surface area contributed by atoms with Crippen LogP contribution in [-0.2, 0) is 14.2 Å². The first-order chi connectivity index (χ1) is 19.7. The number of rotatable bonds is 9. The Bertz CT molecular complexity index is 933. The fourth-order valence-electron chi connectivity index (χ4n) is 11.0. The maximum Gasteiger partial charge on any atom is 0.186 e. The highest BCUT2D eigenvalue weighted by Gasteiger charge is 2.70. The summed E-state index contributed by atoms with van der Waals surface area (Å²) in [4.78, 5) is 0. The molecule has 1 aliphatic heterocycles. The van der Waals surface area contributed by atoms with Crippen molar-refractivity contribution in [2.24, 2.45) is 46.3 Å². The second kappa shape index (κ2) is 12.1. The van der Waals surface area contributed by atoms with Gasteiger partial charge in [-0.3, -0.25) is 0 Å². The number of hydrogen-bond donors (Lipinski definition) is 6. The van der Waals surface area contributed by atoms with Crippen molar-refractivity contribution < 1.29 is 44.8 Å². The molecule has 9 nitrogen and oxygen atoms in total. The zero-order valence-corrected chi connectivity index (χ0v) is 26.6. The van der Waals surface area contributed by atoms with Crippen molar-refractivity contribution in [3.05, 3.63) is 0 Å². The molecule has 0 aromatic heterocycles. The third-order valence-corrected chi connectivity index (χ3v) is 13.1. The summed E-state index contributed by atoms with van der Waals surface area (Å²) in [6.07, 6.45) is 1.44. The van der Waals surface area contributed by atoms with Crippen molar-refractivity contribution in [2.45, 2.75) is 147 Å². The minimum atomic E-state index is -1.13. The molecule has 1 heterocycles. The summed E-state index contributed by atoms with van der Waals surface area (Å²) in [6.45, 7) is 10.6. The number of aliphatic hydroxyl groups is 6. The Balaban J connectivity index is 1.28. The van der Waals surface area contributed by atoms with E-state index in [0.717, 1.165) is 32.1 Å². The molecule has 0 spiro atoms.